The number of carboxylic acid groups (broad SMARTS) is 1. The van der Waals surface area contributed by atoms with Gasteiger partial charge in [0.1, 0.15) is 0 Å². The number of rotatable bonds is 8. The van der Waals surface area contributed by atoms with Crippen molar-refractivity contribution in [1.29, 1.82) is 0 Å². The Balaban J connectivity index is 2.52. The van der Waals surface area contributed by atoms with Crippen molar-refractivity contribution < 1.29 is 24.5 Å². The molecule has 1 aromatic rings. The number of benzene rings is 1. The van der Waals surface area contributed by atoms with E-state index in [-0.39, 0.29) is 22.9 Å². The molecular formula is C15H16ClO5-. The zero-order valence-corrected chi connectivity index (χ0v) is 12.2. The van der Waals surface area contributed by atoms with Crippen LogP contribution >= 0.6 is 11.6 Å². The first kappa shape index (κ1) is 17.0. The molecule has 1 N–H and O–H groups in total. The summed E-state index contributed by atoms with van der Waals surface area (Å²) in [4.78, 5) is 21.9. The summed E-state index contributed by atoms with van der Waals surface area (Å²) < 4.78 is 4.82. The predicted octanol–water partition coefficient (Wildman–Crippen LogP) is 2.55. The van der Waals surface area contributed by atoms with Crippen molar-refractivity contribution >= 4 is 23.5 Å². The minimum absolute atomic E-state index is 0.0343. The average molecular weight is 312 g/mol. The third-order valence-corrected chi connectivity index (χ3v) is 3.33. The van der Waals surface area contributed by atoms with Gasteiger partial charge in [-0.2, -0.15) is 0 Å². The van der Waals surface area contributed by atoms with Crippen LogP contribution in [0.3, 0.4) is 0 Å². The fraction of sp³-hybridized carbons (Fsp3) is 0.333. The van der Waals surface area contributed by atoms with Crippen molar-refractivity contribution in [3.8, 4) is 5.75 Å². The van der Waals surface area contributed by atoms with Crippen LogP contribution in [0, 0.1) is 0 Å². The van der Waals surface area contributed by atoms with Crippen molar-refractivity contribution in [2.24, 2.45) is 0 Å². The lowest BCUT2D eigenvalue weighted by atomic mass is 10.0. The van der Waals surface area contributed by atoms with Gasteiger partial charge in [-0.15, -0.1) is 0 Å². The Labute approximate surface area is 127 Å². The van der Waals surface area contributed by atoms with Crippen LogP contribution in [0.5, 0.6) is 5.75 Å². The molecule has 0 radical (unpaired) electrons. The lowest BCUT2D eigenvalue weighted by Gasteiger charge is -2.15. The zero-order chi connectivity index (χ0) is 15.8. The van der Waals surface area contributed by atoms with Crippen LogP contribution in [0.4, 0.5) is 0 Å². The molecule has 1 rings (SSSR count). The third-order valence-electron chi connectivity index (χ3n) is 2.92. The fourth-order valence-corrected chi connectivity index (χ4v) is 2.12. The summed E-state index contributed by atoms with van der Waals surface area (Å²) in [6, 6.07) is 2.43. The minimum Gasteiger partial charge on any atom is -0.871 e. The largest absolute Gasteiger partial charge is 0.871 e. The standard InChI is InChI=1S/C15H17ClO5/c1-2-13(18)21-9-5-3-4-6-10-11(15(19)20)7-8-12(17)14(10)16/h2,7-8,17H,1,3-6,9H2,(H,19,20)/p-1. The smallest absolute Gasteiger partial charge is 0.336 e. The zero-order valence-electron chi connectivity index (χ0n) is 11.4. The Hall–Kier alpha value is -2.01. The molecule has 21 heavy (non-hydrogen) atoms. The van der Waals surface area contributed by atoms with E-state index in [4.69, 9.17) is 21.4 Å². The molecule has 0 saturated carbocycles. The second-order valence-corrected chi connectivity index (χ2v) is 4.77. The molecule has 0 unspecified atom stereocenters. The van der Waals surface area contributed by atoms with E-state index in [0.717, 1.165) is 18.6 Å². The molecule has 1 aromatic carbocycles. The molecule has 0 aliphatic heterocycles. The number of hydrogen-bond acceptors (Lipinski definition) is 4. The maximum Gasteiger partial charge on any atom is 0.336 e. The number of esters is 1. The Morgan fingerprint density at radius 3 is 2.67 bits per heavy atom. The van der Waals surface area contributed by atoms with Gasteiger partial charge in [-0.25, -0.2) is 9.59 Å². The number of hydrogen-bond donors (Lipinski definition) is 1. The molecule has 0 atom stereocenters. The van der Waals surface area contributed by atoms with Gasteiger partial charge in [0.2, 0.25) is 0 Å². The molecule has 0 spiro atoms. The molecule has 0 aromatic heterocycles. The highest BCUT2D eigenvalue weighted by Gasteiger charge is 2.13. The Morgan fingerprint density at radius 1 is 1.33 bits per heavy atom. The average Bonchev–Trinajstić information content (AvgIpc) is 2.46. The second-order valence-electron chi connectivity index (χ2n) is 4.39. The van der Waals surface area contributed by atoms with E-state index in [1.54, 1.807) is 0 Å². The number of ether oxygens (including phenoxy) is 1. The van der Waals surface area contributed by atoms with Gasteiger partial charge in [0.15, 0.2) is 0 Å². The van der Waals surface area contributed by atoms with Crippen molar-refractivity contribution in [2.75, 3.05) is 6.61 Å². The minimum atomic E-state index is -1.10. The SMILES string of the molecule is C=CC(=O)OCCCCCc1c(C(=O)O)ccc([O-])c1Cl. The predicted molar refractivity (Wildman–Crippen MR) is 76.6 cm³/mol. The first-order valence-electron chi connectivity index (χ1n) is 6.48. The highest BCUT2D eigenvalue weighted by atomic mass is 35.5. The van der Waals surface area contributed by atoms with E-state index in [9.17, 15) is 14.7 Å². The number of carboxylic acids is 1. The molecule has 5 nitrogen and oxygen atoms in total. The number of halogens is 1. The first-order valence-corrected chi connectivity index (χ1v) is 6.86. The van der Waals surface area contributed by atoms with Gasteiger partial charge in [-0.3, -0.25) is 0 Å². The number of carbonyl (C=O) groups excluding carboxylic acids is 1. The van der Waals surface area contributed by atoms with Gasteiger partial charge in [-0.1, -0.05) is 30.0 Å². The van der Waals surface area contributed by atoms with Crippen molar-refractivity contribution in [3.05, 3.63) is 40.9 Å². The van der Waals surface area contributed by atoms with Crippen LogP contribution < -0.4 is 5.11 Å². The summed E-state index contributed by atoms with van der Waals surface area (Å²) in [6.07, 6.45) is 3.51. The monoisotopic (exact) mass is 311 g/mol. The number of carbonyl (C=O) groups is 2. The summed E-state index contributed by atoms with van der Waals surface area (Å²) in [6.45, 7) is 3.57. The van der Waals surface area contributed by atoms with Crippen molar-refractivity contribution in [3.63, 3.8) is 0 Å². The van der Waals surface area contributed by atoms with Crippen molar-refractivity contribution in [2.45, 2.75) is 25.7 Å². The van der Waals surface area contributed by atoms with Gasteiger partial charge in [0.05, 0.1) is 12.2 Å². The van der Waals surface area contributed by atoms with Crippen LogP contribution in [-0.2, 0) is 16.0 Å². The Morgan fingerprint density at radius 2 is 2.05 bits per heavy atom. The van der Waals surface area contributed by atoms with Gasteiger partial charge >= 0.3 is 11.9 Å². The first-order chi connectivity index (χ1) is 9.97. The van der Waals surface area contributed by atoms with E-state index >= 15 is 0 Å². The molecule has 0 heterocycles. The van der Waals surface area contributed by atoms with Crippen LogP contribution in [0.25, 0.3) is 0 Å². The van der Waals surface area contributed by atoms with Gasteiger partial charge in [0.25, 0.3) is 0 Å². The van der Waals surface area contributed by atoms with E-state index < -0.39 is 11.9 Å². The molecule has 114 valence electrons. The molecular weight excluding hydrogens is 296 g/mol. The highest BCUT2D eigenvalue weighted by Crippen LogP contribution is 2.29. The summed E-state index contributed by atoms with van der Waals surface area (Å²) in [5.41, 5.74) is 0.414. The fourth-order valence-electron chi connectivity index (χ4n) is 1.86. The molecule has 0 saturated heterocycles. The quantitative estimate of drug-likeness (QED) is 0.453. The summed E-state index contributed by atoms with van der Waals surface area (Å²) in [7, 11) is 0. The normalized spacial score (nSPS) is 10.1. The molecule has 0 fully saturated rings. The highest BCUT2D eigenvalue weighted by molar-refractivity contribution is 6.33. The molecule has 0 bridgehead atoms. The number of aromatic carboxylic acids is 1. The van der Waals surface area contributed by atoms with Crippen molar-refractivity contribution in [1.82, 2.24) is 0 Å². The van der Waals surface area contributed by atoms with E-state index in [0.29, 0.717) is 24.8 Å². The number of unbranched alkanes of at least 4 members (excludes halogenated alkanes) is 2. The lowest BCUT2D eigenvalue weighted by Crippen LogP contribution is -2.06. The van der Waals surface area contributed by atoms with Crippen LogP contribution in [0.2, 0.25) is 5.02 Å². The molecule has 6 heteroatoms. The van der Waals surface area contributed by atoms with Gasteiger partial charge < -0.3 is 14.9 Å². The second kappa shape index (κ2) is 8.32. The van der Waals surface area contributed by atoms with Gasteiger partial charge in [0, 0.05) is 11.1 Å². The van der Waals surface area contributed by atoms with Crippen LogP contribution in [0.15, 0.2) is 24.8 Å². The maximum absolute atomic E-state index is 11.5. The maximum atomic E-state index is 11.5. The molecule has 0 amide bonds. The van der Waals surface area contributed by atoms with Gasteiger partial charge in [-0.05, 0) is 37.3 Å². The van der Waals surface area contributed by atoms with Crippen LogP contribution in [0.1, 0.15) is 35.2 Å². The van der Waals surface area contributed by atoms with E-state index in [1.807, 2.05) is 0 Å². The Bertz CT molecular complexity index is 539. The van der Waals surface area contributed by atoms with E-state index in [1.165, 1.54) is 6.07 Å². The topological polar surface area (TPSA) is 86.7 Å². The van der Waals surface area contributed by atoms with E-state index in [2.05, 4.69) is 6.58 Å². The summed E-state index contributed by atoms with van der Waals surface area (Å²) in [5, 5.41) is 20.5. The molecule has 0 aliphatic rings. The Kier molecular flexibility index (Phi) is 6.75. The third kappa shape index (κ3) is 5.11. The summed E-state index contributed by atoms with van der Waals surface area (Å²) in [5.74, 6) is -1.95. The molecule has 0 aliphatic carbocycles. The van der Waals surface area contributed by atoms with Crippen LogP contribution in [-0.4, -0.2) is 23.7 Å². The summed E-state index contributed by atoms with van der Waals surface area (Å²) >= 11 is 5.89. The lowest BCUT2D eigenvalue weighted by molar-refractivity contribution is -0.268.